The van der Waals surface area contributed by atoms with Crippen LogP contribution in [0.15, 0.2) is 54.6 Å². The molecular weight excluding hydrogens is 334 g/mol. The Balaban J connectivity index is 1.38. The van der Waals surface area contributed by atoms with Gasteiger partial charge in [0, 0.05) is 25.7 Å². The Bertz CT molecular complexity index is 720. The summed E-state index contributed by atoms with van der Waals surface area (Å²) in [5.74, 6) is 7.00. The molecule has 0 aliphatic carbocycles. The normalized spacial score (nSPS) is 15.5. The number of nitrogens with one attached hydrogen (secondary N) is 2. The van der Waals surface area contributed by atoms with Crippen LogP contribution in [-0.4, -0.2) is 37.4 Å². The highest BCUT2D eigenvalue weighted by Gasteiger charge is 2.19. The van der Waals surface area contributed by atoms with E-state index in [4.69, 9.17) is 11.3 Å². The van der Waals surface area contributed by atoms with Crippen molar-refractivity contribution < 1.29 is 0 Å². The lowest BCUT2D eigenvalue weighted by Crippen LogP contribution is -2.35. The molecule has 4 N–H and O–H groups in total. The monoisotopic (exact) mass is 365 g/mol. The van der Waals surface area contributed by atoms with E-state index < -0.39 is 0 Å². The fraction of sp³-hybridized carbons (Fsp3) is 0.409. The van der Waals surface area contributed by atoms with Crippen LogP contribution in [0.5, 0.6) is 0 Å². The molecule has 1 aliphatic heterocycles. The predicted molar refractivity (Wildman–Crippen MR) is 113 cm³/mol. The second-order valence-electron chi connectivity index (χ2n) is 7.46. The van der Waals surface area contributed by atoms with Crippen LogP contribution in [0.3, 0.4) is 0 Å². The Morgan fingerprint density at radius 1 is 1.15 bits per heavy atom. The van der Waals surface area contributed by atoms with Gasteiger partial charge in [-0.1, -0.05) is 42.5 Å². The molecule has 27 heavy (non-hydrogen) atoms. The van der Waals surface area contributed by atoms with Crippen LogP contribution >= 0.6 is 0 Å². The van der Waals surface area contributed by atoms with Gasteiger partial charge in [0.2, 0.25) is 0 Å². The Kier molecular flexibility index (Phi) is 6.85. The van der Waals surface area contributed by atoms with Gasteiger partial charge in [0.05, 0.1) is 5.69 Å². The molecule has 2 aromatic carbocycles. The highest BCUT2D eigenvalue weighted by atomic mass is 15.4. The molecule has 0 bridgehead atoms. The van der Waals surface area contributed by atoms with Gasteiger partial charge in [-0.2, -0.15) is 0 Å². The zero-order valence-corrected chi connectivity index (χ0v) is 16.2. The third kappa shape index (κ3) is 5.81. The molecule has 2 aromatic rings. The number of anilines is 1. The predicted octanol–water partition coefficient (Wildman–Crippen LogP) is 3.21. The van der Waals surface area contributed by atoms with E-state index in [9.17, 15) is 0 Å². The summed E-state index contributed by atoms with van der Waals surface area (Å²) in [7, 11) is 1.81. The van der Waals surface area contributed by atoms with Crippen molar-refractivity contribution in [3.8, 4) is 0 Å². The van der Waals surface area contributed by atoms with Crippen molar-refractivity contribution in [1.29, 1.82) is 5.41 Å². The third-order valence-corrected chi connectivity index (χ3v) is 5.35. The second kappa shape index (κ2) is 9.53. The van der Waals surface area contributed by atoms with Crippen LogP contribution in [-0.2, 0) is 6.54 Å². The summed E-state index contributed by atoms with van der Waals surface area (Å²) < 4.78 is 0. The molecule has 5 heteroatoms. The van der Waals surface area contributed by atoms with Crippen molar-refractivity contribution in [2.75, 3.05) is 31.7 Å². The number of nitrogens with two attached hydrogens (primary N) is 1. The average molecular weight is 366 g/mol. The first-order chi connectivity index (χ1) is 13.1. The van der Waals surface area contributed by atoms with Gasteiger partial charge in [-0.3, -0.25) is 10.3 Å². The Morgan fingerprint density at radius 3 is 2.59 bits per heavy atom. The topological polar surface area (TPSA) is 68.4 Å². The van der Waals surface area contributed by atoms with Gasteiger partial charge in [-0.25, -0.2) is 5.84 Å². The van der Waals surface area contributed by atoms with Gasteiger partial charge in [0.15, 0.2) is 0 Å². The summed E-state index contributed by atoms with van der Waals surface area (Å²) in [6.45, 7) is 4.25. The highest BCUT2D eigenvalue weighted by molar-refractivity contribution is 5.97. The largest absolute Gasteiger partial charge is 0.370 e. The lowest BCUT2D eigenvalue weighted by atomic mass is 9.93. The summed E-state index contributed by atoms with van der Waals surface area (Å²) in [4.78, 5) is 2.55. The molecular formula is C22H31N5. The number of piperidine rings is 1. The smallest absolute Gasteiger partial charge is 0.125 e. The van der Waals surface area contributed by atoms with Gasteiger partial charge < -0.3 is 10.3 Å². The number of amidine groups is 1. The molecule has 0 aromatic heterocycles. The first kappa shape index (κ1) is 19.4. The molecule has 144 valence electrons. The van der Waals surface area contributed by atoms with Crippen molar-refractivity contribution in [2.24, 2.45) is 11.8 Å². The van der Waals surface area contributed by atoms with Crippen LogP contribution in [0.2, 0.25) is 0 Å². The summed E-state index contributed by atoms with van der Waals surface area (Å²) in [6.07, 6.45) is 3.61. The van der Waals surface area contributed by atoms with E-state index in [1.807, 2.05) is 24.3 Å². The van der Waals surface area contributed by atoms with Gasteiger partial charge in [-0.05, 0) is 56.0 Å². The minimum Gasteiger partial charge on any atom is -0.370 e. The van der Waals surface area contributed by atoms with Gasteiger partial charge >= 0.3 is 0 Å². The zero-order chi connectivity index (χ0) is 19.1. The van der Waals surface area contributed by atoms with Crippen LogP contribution in [0.4, 0.5) is 5.69 Å². The minimum absolute atomic E-state index is 0.472. The number of rotatable bonds is 7. The van der Waals surface area contributed by atoms with Crippen molar-refractivity contribution in [1.82, 2.24) is 10.2 Å². The number of hydrogen-bond acceptors (Lipinski definition) is 4. The van der Waals surface area contributed by atoms with Crippen LogP contribution in [0.1, 0.15) is 30.4 Å². The van der Waals surface area contributed by atoms with Crippen molar-refractivity contribution in [3.05, 3.63) is 65.7 Å². The van der Waals surface area contributed by atoms with E-state index in [1.165, 1.54) is 31.5 Å². The first-order valence-corrected chi connectivity index (χ1v) is 9.79. The number of benzene rings is 2. The van der Waals surface area contributed by atoms with E-state index in [0.29, 0.717) is 5.84 Å². The second-order valence-corrected chi connectivity index (χ2v) is 7.46. The number of likely N-dealkylation sites (tertiary alicyclic amines) is 1. The van der Waals surface area contributed by atoms with E-state index >= 15 is 0 Å². The van der Waals surface area contributed by atoms with E-state index in [0.717, 1.165) is 36.7 Å². The summed E-state index contributed by atoms with van der Waals surface area (Å²) in [5, 5.41) is 13.1. The fourth-order valence-corrected chi connectivity index (χ4v) is 3.66. The summed E-state index contributed by atoms with van der Waals surface area (Å²) in [6, 6.07) is 18.5. The van der Waals surface area contributed by atoms with Crippen molar-refractivity contribution in [3.63, 3.8) is 0 Å². The molecule has 0 saturated carbocycles. The van der Waals surface area contributed by atoms with Crippen molar-refractivity contribution >= 4 is 11.5 Å². The zero-order valence-electron chi connectivity index (χ0n) is 16.2. The van der Waals surface area contributed by atoms with Gasteiger partial charge in [0.1, 0.15) is 5.84 Å². The van der Waals surface area contributed by atoms with Gasteiger partial charge in [0.25, 0.3) is 0 Å². The number of hydrogen-bond donors (Lipinski definition) is 3. The molecule has 0 spiro atoms. The fourth-order valence-electron chi connectivity index (χ4n) is 3.66. The van der Waals surface area contributed by atoms with Crippen LogP contribution in [0, 0.1) is 11.3 Å². The molecule has 0 radical (unpaired) electrons. The van der Waals surface area contributed by atoms with E-state index in [1.54, 1.807) is 12.1 Å². The Hall–Kier alpha value is -2.37. The summed E-state index contributed by atoms with van der Waals surface area (Å²) >= 11 is 0. The maximum Gasteiger partial charge on any atom is 0.125 e. The summed E-state index contributed by atoms with van der Waals surface area (Å²) in [5.41, 5.74) is 3.18. The van der Waals surface area contributed by atoms with Gasteiger partial charge in [-0.15, -0.1) is 0 Å². The number of nitrogens with zero attached hydrogens (tertiary/aromatic N) is 2. The van der Waals surface area contributed by atoms with Crippen molar-refractivity contribution in [2.45, 2.75) is 25.8 Å². The minimum atomic E-state index is 0.472. The lowest BCUT2D eigenvalue weighted by molar-refractivity contribution is 0.173. The molecule has 1 fully saturated rings. The maximum atomic E-state index is 8.26. The molecule has 1 aliphatic rings. The highest BCUT2D eigenvalue weighted by Crippen LogP contribution is 2.21. The molecule has 1 heterocycles. The number of hydrazine groups is 1. The Morgan fingerprint density at radius 2 is 1.89 bits per heavy atom. The van der Waals surface area contributed by atoms with E-state index in [2.05, 4.69) is 40.5 Å². The first-order valence-electron chi connectivity index (χ1n) is 9.79. The third-order valence-electron chi connectivity index (χ3n) is 5.35. The van der Waals surface area contributed by atoms with Crippen LogP contribution in [0.25, 0.3) is 0 Å². The average Bonchev–Trinajstić information content (AvgIpc) is 2.70. The molecule has 3 rings (SSSR count). The quantitative estimate of drug-likeness (QED) is 0.305. The molecule has 0 amide bonds. The molecule has 1 saturated heterocycles. The van der Waals surface area contributed by atoms with Crippen LogP contribution < -0.4 is 16.2 Å². The molecule has 0 atom stereocenters. The standard InChI is InChI=1S/C22H31N5/c1-26(24)21-9-5-8-20(16-21)22(23)25-13-10-18-11-14-27(15-12-18)17-19-6-3-2-4-7-19/h2-9,16,18H,10-15,17,24H2,1H3,(H2,23,25). The maximum absolute atomic E-state index is 8.26. The molecule has 0 unspecified atom stereocenters. The lowest BCUT2D eigenvalue weighted by Gasteiger charge is -2.32. The molecule has 5 nitrogen and oxygen atoms in total. The Labute approximate surface area is 162 Å². The van der Waals surface area contributed by atoms with E-state index in [-0.39, 0.29) is 0 Å². The SMILES string of the molecule is CN(N)c1cccc(C(=N)NCCC2CCN(Cc3ccccc3)CC2)c1.